The number of ether oxygens (including phenoxy) is 1. The number of nitro benzene ring substituents is 1. The zero-order valence-corrected chi connectivity index (χ0v) is 16.9. The third kappa shape index (κ3) is 3.74. The summed E-state index contributed by atoms with van der Waals surface area (Å²) in [5.74, 6) is -0.386. The number of methoxy groups -OCH3 is 1. The molecule has 0 radical (unpaired) electrons. The van der Waals surface area contributed by atoms with E-state index in [-0.39, 0.29) is 22.7 Å². The number of benzene rings is 1. The predicted molar refractivity (Wildman–Crippen MR) is 109 cm³/mol. The second kappa shape index (κ2) is 7.97. The van der Waals surface area contributed by atoms with E-state index in [2.05, 4.69) is 19.8 Å². The van der Waals surface area contributed by atoms with Gasteiger partial charge in [-0.05, 0) is 6.07 Å². The summed E-state index contributed by atoms with van der Waals surface area (Å²) in [6, 6.07) is 3.58. The van der Waals surface area contributed by atoms with Crippen LogP contribution in [0, 0.1) is 10.1 Å². The molecule has 31 heavy (non-hydrogen) atoms. The van der Waals surface area contributed by atoms with Gasteiger partial charge in [0.25, 0.3) is 11.6 Å². The second-order valence-electron chi connectivity index (χ2n) is 7.00. The van der Waals surface area contributed by atoms with E-state index in [1.165, 1.54) is 25.6 Å². The fourth-order valence-corrected chi connectivity index (χ4v) is 3.58. The molecule has 3 aromatic rings. The van der Waals surface area contributed by atoms with Gasteiger partial charge in [-0.2, -0.15) is 5.10 Å². The number of non-ortho nitro benzene ring substituents is 1. The average molecular weight is 425 g/mol. The van der Waals surface area contributed by atoms with Crippen molar-refractivity contribution in [2.75, 3.05) is 38.2 Å². The number of piperazine rings is 1. The van der Waals surface area contributed by atoms with Crippen molar-refractivity contribution in [1.82, 2.24) is 24.6 Å². The van der Waals surface area contributed by atoms with Crippen molar-refractivity contribution in [3.63, 3.8) is 0 Å². The first-order chi connectivity index (χ1) is 14.9. The van der Waals surface area contributed by atoms with Crippen LogP contribution in [0.4, 0.5) is 11.5 Å². The summed E-state index contributed by atoms with van der Waals surface area (Å²) < 4.78 is 6.31. The van der Waals surface area contributed by atoms with Crippen LogP contribution in [0.5, 0.6) is 0 Å². The van der Waals surface area contributed by atoms with Crippen LogP contribution >= 0.6 is 0 Å². The standard InChI is InChI=1S/C19H19N7O5/c1-23-16-15(10-22-23)17(21-11-20-16)24-3-5-25(6-4-24)18(27)12-7-13(19(28)31-2)9-14(8-12)26(29)30/h7-11H,3-6H2,1-2H3. The minimum atomic E-state index is -0.744. The van der Waals surface area contributed by atoms with Gasteiger partial charge < -0.3 is 14.5 Å². The summed E-state index contributed by atoms with van der Waals surface area (Å²) in [6.45, 7) is 1.82. The maximum Gasteiger partial charge on any atom is 0.338 e. The third-order valence-electron chi connectivity index (χ3n) is 5.17. The molecule has 1 saturated heterocycles. The highest BCUT2D eigenvalue weighted by Crippen LogP contribution is 2.24. The number of nitro groups is 1. The zero-order valence-electron chi connectivity index (χ0n) is 16.9. The van der Waals surface area contributed by atoms with E-state index >= 15 is 0 Å². The van der Waals surface area contributed by atoms with Gasteiger partial charge in [-0.25, -0.2) is 14.8 Å². The van der Waals surface area contributed by atoms with Crippen molar-refractivity contribution in [2.24, 2.45) is 7.05 Å². The fraction of sp³-hybridized carbons (Fsp3) is 0.316. The number of aromatic nitrogens is 4. The van der Waals surface area contributed by atoms with Crippen LogP contribution in [-0.2, 0) is 11.8 Å². The van der Waals surface area contributed by atoms with Gasteiger partial charge in [0.1, 0.15) is 12.1 Å². The van der Waals surface area contributed by atoms with E-state index < -0.39 is 10.9 Å². The van der Waals surface area contributed by atoms with Crippen molar-refractivity contribution in [3.8, 4) is 0 Å². The molecule has 0 unspecified atom stereocenters. The number of carbonyl (C=O) groups is 2. The topological polar surface area (TPSA) is 137 Å². The summed E-state index contributed by atoms with van der Waals surface area (Å²) in [7, 11) is 2.98. The van der Waals surface area contributed by atoms with Gasteiger partial charge in [-0.1, -0.05) is 0 Å². The Kier molecular flexibility index (Phi) is 5.19. The number of amides is 1. The number of hydrogen-bond donors (Lipinski definition) is 0. The summed E-state index contributed by atoms with van der Waals surface area (Å²) in [6.07, 6.45) is 3.19. The molecule has 1 fully saturated rings. The van der Waals surface area contributed by atoms with Crippen molar-refractivity contribution >= 4 is 34.4 Å². The van der Waals surface area contributed by atoms with E-state index in [0.717, 1.165) is 22.9 Å². The maximum atomic E-state index is 13.0. The molecule has 12 heteroatoms. The lowest BCUT2D eigenvalue weighted by Crippen LogP contribution is -2.49. The summed E-state index contributed by atoms with van der Waals surface area (Å²) in [5.41, 5.74) is 0.402. The van der Waals surface area contributed by atoms with Crippen LogP contribution < -0.4 is 4.90 Å². The van der Waals surface area contributed by atoms with E-state index in [9.17, 15) is 19.7 Å². The Hall–Kier alpha value is -4.09. The lowest BCUT2D eigenvalue weighted by Gasteiger charge is -2.35. The molecule has 0 saturated carbocycles. The van der Waals surface area contributed by atoms with Gasteiger partial charge in [0, 0.05) is 50.9 Å². The van der Waals surface area contributed by atoms with Crippen LogP contribution in [0.2, 0.25) is 0 Å². The fourth-order valence-electron chi connectivity index (χ4n) is 3.58. The zero-order chi connectivity index (χ0) is 22.1. The third-order valence-corrected chi connectivity index (χ3v) is 5.17. The maximum absolute atomic E-state index is 13.0. The molecule has 0 spiro atoms. The molecule has 0 N–H and O–H groups in total. The van der Waals surface area contributed by atoms with Crippen LogP contribution in [-0.4, -0.2) is 74.7 Å². The Morgan fingerprint density at radius 1 is 1.10 bits per heavy atom. The molecule has 1 aliphatic rings. The summed E-state index contributed by atoms with van der Waals surface area (Å²) >= 11 is 0. The Morgan fingerprint density at radius 2 is 1.81 bits per heavy atom. The van der Waals surface area contributed by atoms with Crippen LogP contribution in [0.3, 0.4) is 0 Å². The molecule has 0 aliphatic carbocycles. The number of hydrogen-bond acceptors (Lipinski definition) is 9. The molecule has 160 valence electrons. The van der Waals surface area contributed by atoms with Crippen LogP contribution in [0.25, 0.3) is 11.0 Å². The van der Waals surface area contributed by atoms with Gasteiger partial charge >= 0.3 is 5.97 Å². The minimum absolute atomic E-state index is 0.0429. The van der Waals surface area contributed by atoms with E-state index in [1.54, 1.807) is 22.8 Å². The predicted octanol–water partition coefficient (Wildman–Crippen LogP) is 1.02. The smallest absolute Gasteiger partial charge is 0.338 e. The van der Waals surface area contributed by atoms with Crippen molar-refractivity contribution < 1.29 is 19.2 Å². The number of esters is 1. The lowest BCUT2D eigenvalue weighted by atomic mass is 10.1. The average Bonchev–Trinajstić information content (AvgIpc) is 3.18. The van der Waals surface area contributed by atoms with Crippen LogP contribution in [0.1, 0.15) is 20.7 Å². The van der Waals surface area contributed by atoms with E-state index in [4.69, 9.17) is 0 Å². The minimum Gasteiger partial charge on any atom is -0.465 e. The highest BCUT2D eigenvalue weighted by atomic mass is 16.6. The normalized spacial score (nSPS) is 14.0. The molecule has 2 aromatic heterocycles. The highest BCUT2D eigenvalue weighted by molar-refractivity contribution is 5.99. The van der Waals surface area contributed by atoms with E-state index in [0.29, 0.717) is 26.2 Å². The van der Waals surface area contributed by atoms with Crippen molar-refractivity contribution in [1.29, 1.82) is 0 Å². The van der Waals surface area contributed by atoms with Crippen LogP contribution in [0.15, 0.2) is 30.7 Å². The van der Waals surface area contributed by atoms with Crippen molar-refractivity contribution in [3.05, 3.63) is 52.0 Å². The Labute approximate surface area is 176 Å². The molecule has 1 aliphatic heterocycles. The molecular formula is C19H19N7O5. The number of nitrogens with zero attached hydrogens (tertiary/aromatic N) is 7. The molecular weight excluding hydrogens is 406 g/mol. The highest BCUT2D eigenvalue weighted by Gasteiger charge is 2.26. The number of aryl methyl sites for hydroxylation is 1. The second-order valence-corrected chi connectivity index (χ2v) is 7.00. The lowest BCUT2D eigenvalue weighted by molar-refractivity contribution is -0.384. The van der Waals surface area contributed by atoms with Gasteiger partial charge in [-0.3, -0.25) is 19.6 Å². The number of fused-ring (bicyclic) bond motifs is 1. The quantitative estimate of drug-likeness (QED) is 0.341. The number of rotatable bonds is 4. The molecule has 3 heterocycles. The molecule has 1 aromatic carbocycles. The van der Waals surface area contributed by atoms with Crippen molar-refractivity contribution in [2.45, 2.75) is 0 Å². The first-order valence-corrected chi connectivity index (χ1v) is 9.43. The Morgan fingerprint density at radius 3 is 2.48 bits per heavy atom. The number of carbonyl (C=O) groups excluding carboxylic acids is 2. The Balaban J connectivity index is 1.54. The summed E-state index contributed by atoms with van der Waals surface area (Å²) in [5, 5.41) is 16.3. The number of anilines is 1. The molecule has 0 atom stereocenters. The molecule has 1 amide bonds. The first-order valence-electron chi connectivity index (χ1n) is 9.43. The molecule has 0 bridgehead atoms. The Bertz CT molecular complexity index is 1180. The van der Waals surface area contributed by atoms with Gasteiger partial charge in [-0.15, -0.1) is 0 Å². The van der Waals surface area contributed by atoms with Gasteiger partial charge in [0.05, 0.1) is 29.2 Å². The summed E-state index contributed by atoms with van der Waals surface area (Å²) in [4.78, 5) is 47.7. The molecule has 4 rings (SSSR count). The van der Waals surface area contributed by atoms with E-state index in [1.807, 2.05) is 4.90 Å². The SMILES string of the molecule is COC(=O)c1cc(C(=O)N2CCN(c3ncnc4c3cnn4C)CC2)cc([N+](=O)[O-])c1. The first kappa shape index (κ1) is 20.2. The molecule has 12 nitrogen and oxygen atoms in total. The monoisotopic (exact) mass is 425 g/mol. The van der Waals surface area contributed by atoms with Gasteiger partial charge in [0.2, 0.25) is 0 Å². The largest absolute Gasteiger partial charge is 0.465 e. The van der Waals surface area contributed by atoms with Gasteiger partial charge in [0.15, 0.2) is 5.65 Å².